The van der Waals surface area contributed by atoms with Gasteiger partial charge in [0.2, 0.25) is 0 Å². The van der Waals surface area contributed by atoms with Crippen molar-refractivity contribution in [2.75, 3.05) is 0 Å². The van der Waals surface area contributed by atoms with Crippen LogP contribution in [0.5, 0.6) is 0 Å². The lowest BCUT2D eigenvalue weighted by Crippen LogP contribution is -2.22. The van der Waals surface area contributed by atoms with E-state index in [0.29, 0.717) is 0 Å². The molecule has 1 N–H and O–H groups in total. The number of hydrazone groups is 1. The van der Waals surface area contributed by atoms with Crippen molar-refractivity contribution in [2.24, 2.45) is 5.10 Å². The zero-order valence-electron chi connectivity index (χ0n) is 5.91. The van der Waals surface area contributed by atoms with E-state index >= 15 is 0 Å². The second kappa shape index (κ2) is 1.56. The minimum Gasteiger partial charge on any atom is -0.301 e. The van der Waals surface area contributed by atoms with Gasteiger partial charge in [0.1, 0.15) is 6.34 Å². The normalized spacial score (nSPS) is 24.0. The molecule has 1 saturated heterocycles. The Balaban J connectivity index is 2.17. The molecule has 0 radical (unpaired) electrons. The average molecular weight is 145 g/mol. The number of hydrogen-bond donors (Lipinski definition) is 1. The molecule has 0 aromatic heterocycles. The largest absolute Gasteiger partial charge is 0.301 e. The van der Waals surface area contributed by atoms with Gasteiger partial charge in [-0.25, -0.2) is 0 Å². The molecule has 1 fully saturated rings. The summed E-state index contributed by atoms with van der Waals surface area (Å²) in [4.78, 5) is 2.12. The number of nitrogens with one attached hydrogen (secondary N) is 1. The van der Waals surface area contributed by atoms with Crippen LogP contribution < -0.4 is 5.43 Å². The van der Waals surface area contributed by atoms with Crippen LogP contribution in [0, 0.1) is 0 Å². The van der Waals surface area contributed by atoms with Crippen LogP contribution in [0.25, 0.3) is 0 Å². The molecule has 0 aromatic carbocycles. The van der Waals surface area contributed by atoms with Gasteiger partial charge in [-0.2, -0.15) is 5.10 Å². The van der Waals surface area contributed by atoms with E-state index in [1.165, 1.54) is 17.0 Å². The van der Waals surface area contributed by atoms with Gasteiger partial charge in [0.25, 0.3) is 0 Å². The molecule has 2 heterocycles. The minimum atomic E-state index is 1.07. The topological polar surface area (TPSA) is 27.6 Å². The molecule has 54 valence electrons. The maximum Gasteiger partial charge on any atom is 0.120 e. The van der Waals surface area contributed by atoms with Crippen LogP contribution in [-0.4, -0.2) is 11.2 Å². The smallest absolute Gasteiger partial charge is 0.120 e. The van der Waals surface area contributed by atoms with Gasteiger partial charge in [0.15, 0.2) is 0 Å². The maximum atomic E-state index is 3.94. The first-order chi connectivity index (χ1) is 5.45. The molecule has 3 aliphatic rings. The first-order valence-corrected chi connectivity index (χ1v) is 3.63. The van der Waals surface area contributed by atoms with Crippen LogP contribution in [0.2, 0.25) is 0 Å². The van der Waals surface area contributed by atoms with Crippen molar-refractivity contribution in [3.63, 3.8) is 0 Å². The fourth-order valence-electron chi connectivity index (χ4n) is 1.65. The van der Waals surface area contributed by atoms with Crippen LogP contribution in [0.15, 0.2) is 40.4 Å². The van der Waals surface area contributed by atoms with Crippen molar-refractivity contribution < 1.29 is 0 Å². The Bertz CT molecular complexity index is 333. The fraction of sp³-hybridized carbons (Fsp3) is 0.125. The molecule has 1 aliphatic carbocycles. The first-order valence-electron chi connectivity index (χ1n) is 3.63. The fourth-order valence-corrected chi connectivity index (χ4v) is 1.65. The highest BCUT2D eigenvalue weighted by Crippen LogP contribution is 2.38. The quantitative estimate of drug-likeness (QED) is 0.548. The third-order valence-electron chi connectivity index (χ3n) is 2.20. The Morgan fingerprint density at radius 1 is 1.45 bits per heavy atom. The molecular formula is C8H7N3. The van der Waals surface area contributed by atoms with Gasteiger partial charge >= 0.3 is 0 Å². The van der Waals surface area contributed by atoms with Gasteiger partial charge in [-0.05, 0) is 11.6 Å². The second-order valence-corrected chi connectivity index (χ2v) is 2.80. The summed E-state index contributed by atoms with van der Waals surface area (Å²) < 4.78 is 0. The molecule has 3 heteroatoms. The lowest BCUT2D eigenvalue weighted by molar-refractivity contribution is 0.659. The van der Waals surface area contributed by atoms with Crippen molar-refractivity contribution in [2.45, 2.75) is 6.42 Å². The van der Waals surface area contributed by atoms with Crippen LogP contribution in [0.1, 0.15) is 6.42 Å². The second-order valence-electron chi connectivity index (χ2n) is 2.80. The van der Waals surface area contributed by atoms with Crippen molar-refractivity contribution in [1.29, 1.82) is 0 Å². The molecule has 3 rings (SSSR count). The summed E-state index contributed by atoms with van der Waals surface area (Å²) in [5.74, 6) is 0. The maximum absolute atomic E-state index is 3.94. The van der Waals surface area contributed by atoms with Crippen LogP contribution >= 0.6 is 0 Å². The van der Waals surface area contributed by atoms with Gasteiger partial charge in [0, 0.05) is 18.3 Å². The Hall–Kier alpha value is -1.51. The lowest BCUT2D eigenvalue weighted by atomic mass is 10.2. The molecule has 0 spiro atoms. The van der Waals surface area contributed by atoms with Crippen LogP contribution in [-0.2, 0) is 0 Å². The summed E-state index contributed by atoms with van der Waals surface area (Å²) in [6, 6.07) is 0. The number of fused-ring (bicyclic) bond motifs is 5. The Morgan fingerprint density at radius 2 is 2.45 bits per heavy atom. The van der Waals surface area contributed by atoms with E-state index in [9.17, 15) is 0 Å². The summed E-state index contributed by atoms with van der Waals surface area (Å²) in [7, 11) is 0. The molecule has 0 unspecified atom stereocenters. The zero-order valence-corrected chi connectivity index (χ0v) is 5.91. The molecular weight excluding hydrogens is 138 g/mol. The predicted octanol–water partition coefficient (Wildman–Crippen LogP) is 0.904. The van der Waals surface area contributed by atoms with Gasteiger partial charge < -0.3 is 4.90 Å². The van der Waals surface area contributed by atoms with Gasteiger partial charge in [-0.15, -0.1) is 0 Å². The molecule has 11 heavy (non-hydrogen) atoms. The summed E-state index contributed by atoms with van der Waals surface area (Å²) >= 11 is 0. The van der Waals surface area contributed by atoms with Gasteiger partial charge in [-0.3, -0.25) is 5.43 Å². The van der Waals surface area contributed by atoms with Gasteiger partial charge in [0.05, 0.1) is 5.70 Å². The molecule has 0 atom stereocenters. The Kier molecular flexibility index (Phi) is 0.733. The SMILES string of the molecule is C1=NNC=C2C3=CC=C(C3)N12. The van der Waals surface area contributed by atoms with E-state index in [1.807, 2.05) is 12.5 Å². The van der Waals surface area contributed by atoms with E-state index in [4.69, 9.17) is 0 Å². The lowest BCUT2D eigenvalue weighted by Gasteiger charge is -2.20. The average Bonchev–Trinajstić information content (AvgIpc) is 2.64. The highest BCUT2D eigenvalue weighted by Gasteiger charge is 2.29. The number of hydrogen-bond acceptors (Lipinski definition) is 3. The number of nitrogens with zero attached hydrogens (tertiary/aromatic N) is 2. The van der Waals surface area contributed by atoms with E-state index in [2.05, 4.69) is 27.6 Å². The van der Waals surface area contributed by atoms with E-state index in [1.54, 1.807) is 0 Å². The summed E-state index contributed by atoms with van der Waals surface area (Å²) in [5.41, 5.74) is 6.80. The van der Waals surface area contributed by atoms with Gasteiger partial charge in [-0.1, -0.05) is 6.08 Å². The Labute approximate surface area is 64.4 Å². The molecule has 2 bridgehead atoms. The first kappa shape index (κ1) is 5.18. The standard InChI is InChI=1S/C8H7N3/c1-2-7-3-6(1)8-4-9-10-5-11(7)8/h1-2,4-5,9H,3H2. The van der Waals surface area contributed by atoms with Crippen molar-refractivity contribution in [3.8, 4) is 0 Å². The van der Waals surface area contributed by atoms with E-state index < -0.39 is 0 Å². The molecule has 0 aromatic rings. The third-order valence-corrected chi connectivity index (χ3v) is 2.20. The molecule has 0 amide bonds. The highest BCUT2D eigenvalue weighted by atomic mass is 15.4. The molecule has 0 saturated carbocycles. The molecule has 3 nitrogen and oxygen atoms in total. The van der Waals surface area contributed by atoms with E-state index in [0.717, 1.165) is 6.42 Å². The molecule has 2 aliphatic heterocycles. The monoisotopic (exact) mass is 145 g/mol. The predicted molar refractivity (Wildman–Crippen MR) is 42.3 cm³/mol. The minimum absolute atomic E-state index is 1.07. The van der Waals surface area contributed by atoms with Crippen LogP contribution in [0.3, 0.4) is 0 Å². The van der Waals surface area contributed by atoms with Crippen molar-refractivity contribution in [1.82, 2.24) is 10.3 Å². The zero-order chi connectivity index (χ0) is 7.26. The van der Waals surface area contributed by atoms with E-state index in [-0.39, 0.29) is 0 Å². The Morgan fingerprint density at radius 3 is 3.36 bits per heavy atom. The number of allylic oxidation sites excluding steroid dienone is 4. The summed E-state index contributed by atoms with van der Waals surface area (Å²) in [6.07, 6.45) is 9.13. The summed E-state index contributed by atoms with van der Waals surface area (Å²) in [6.45, 7) is 0. The highest BCUT2D eigenvalue weighted by molar-refractivity contribution is 5.70. The van der Waals surface area contributed by atoms with Crippen LogP contribution in [0.4, 0.5) is 0 Å². The third kappa shape index (κ3) is 0.510. The number of rotatable bonds is 0. The van der Waals surface area contributed by atoms with Crippen molar-refractivity contribution >= 4 is 6.34 Å². The van der Waals surface area contributed by atoms with Crippen molar-refractivity contribution in [3.05, 3.63) is 35.3 Å². The summed E-state index contributed by atoms with van der Waals surface area (Å²) in [5, 5.41) is 3.94.